The van der Waals surface area contributed by atoms with Crippen molar-refractivity contribution in [2.24, 2.45) is 0 Å². The van der Waals surface area contributed by atoms with Gasteiger partial charge in [0, 0.05) is 17.0 Å². The molecular weight excluding hydrogens is 296 g/mol. The molecule has 112 valence electrons. The van der Waals surface area contributed by atoms with Crippen molar-refractivity contribution in [1.29, 1.82) is 0 Å². The molecule has 1 heterocycles. The number of thiophene rings is 1. The Kier molecular flexibility index (Phi) is 4.39. The summed E-state index contributed by atoms with van der Waals surface area (Å²) in [5, 5.41) is 16.4. The number of amides is 1. The molecule has 0 aliphatic carbocycles. The molecular formula is C15H15F2NO2S. The summed E-state index contributed by atoms with van der Waals surface area (Å²) in [5.41, 5.74) is -0.330. The number of nitrogens with one attached hydrogen (secondary N) is 1. The molecule has 6 heteroatoms. The van der Waals surface area contributed by atoms with Gasteiger partial charge in [-0.1, -0.05) is 6.07 Å². The van der Waals surface area contributed by atoms with Crippen molar-refractivity contribution < 1.29 is 18.7 Å². The van der Waals surface area contributed by atoms with Crippen LogP contribution in [-0.2, 0) is 5.60 Å². The van der Waals surface area contributed by atoms with Crippen molar-refractivity contribution in [3.05, 3.63) is 57.3 Å². The molecule has 0 spiro atoms. The number of rotatable bonds is 4. The quantitative estimate of drug-likeness (QED) is 0.912. The molecule has 2 rings (SSSR count). The van der Waals surface area contributed by atoms with E-state index in [1.54, 1.807) is 5.38 Å². The lowest BCUT2D eigenvalue weighted by Crippen LogP contribution is -2.39. The van der Waals surface area contributed by atoms with Crippen LogP contribution in [0.3, 0.4) is 0 Å². The second-order valence-corrected chi connectivity index (χ2v) is 5.79. The fraction of sp³-hybridized carbons (Fsp3) is 0.267. The Morgan fingerprint density at radius 3 is 2.67 bits per heavy atom. The van der Waals surface area contributed by atoms with Crippen molar-refractivity contribution in [3.8, 4) is 0 Å². The minimum Gasteiger partial charge on any atom is -0.383 e. The minimum absolute atomic E-state index is 0.0637. The van der Waals surface area contributed by atoms with Crippen LogP contribution in [0.4, 0.5) is 8.78 Å². The number of hydrogen-bond acceptors (Lipinski definition) is 3. The molecule has 0 bridgehead atoms. The zero-order chi connectivity index (χ0) is 15.6. The first kappa shape index (κ1) is 15.6. The van der Waals surface area contributed by atoms with Gasteiger partial charge >= 0.3 is 0 Å². The Morgan fingerprint density at radius 1 is 1.38 bits per heavy atom. The van der Waals surface area contributed by atoms with E-state index in [2.05, 4.69) is 5.32 Å². The predicted molar refractivity (Wildman–Crippen MR) is 77.3 cm³/mol. The van der Waals surface area contributed by atoms with Gasteiger partial charge in [0.1, 0.15) is 17.2 Å². The summed E-state index contributed by atoms with van der Waals surface area (Å²) in [7, 11) is 0. The molecule has 21 heavy (non-hydrogen) atoms. The minimum atomic E-state index is -1.63. The fourth-order valence-corrected chi connectivity index (χ4v) is 2.79. The third kappa shape index (κ3) is 3.46. The average Bonchev–Trinajstić information content (AvgIpc) is 2.82. The Labute approximate surface area is 125 Å². The van der Waals surface area contributed by atoms with E-state index in [0.29, 0.717) is 11.6 Å². The molecule has 1 unspecified atom stereocenters. The lowest BCUT2D eigenvalue weighted by Gasteiger charge is -2.24. The number of carbonyl (C=O) groups is 1. The highest BCUT2D eigenvalue weighted by molar-refractivity contribution is 7.08. The van der Waals surface area contributed by atoms with E-state index in [1.807, 2.05) is 12.3 Å². The van der Waals surface area contributed by atoms with Crippen LogP contribution in [0.25, 0.3) is 0 Å². The van der Waals surface area contributed by atoms with Gasteiger partial charge in [0.25, 0.3) is 5.91 Å². The number of benzene rings is 1. The Balaban J connectivity index is 2.11. The maximum atomic E-state index is 13.7. The van der Waals surface area contributed by atoms with E-state index in [-0.39, 0.29) is 18.0 Å². The number of aryl methyl sites for hydroxylation is 1. The maximum Gasteiger partial charge on any atom is 0.252 e. The van der Waals surface area contributed by atoms with E-state index in [0.717, 1.165) is 11.6 Å². The van der Waals surface area contributed by atoms with Gasteiger partial charge in [-0.05, 0) is 30.9 Å². The SMILES string of the molecule is Cc1cscc1C(=O)NCC(C)(O)c1ccc(F)cc1F. The number of halogens is 2. The summed E-state index contributed by atoms with van der Waals surface area (Å²) in [6.45, 7) is 3.00. The predicted octanol–water partition coefficient (Wildman–Crippen LogP) is 2.97. The van der Waals surface area contributed by atoms with E-state index in [4.69, 9.17) is 0 Å². The second-order valence-electron chi connectivity index (χ2n) is 5.05. The fourth-order valence-electron chi connectivity index (χ4n) is 1.96. The lowest BCUT2D eigenvalue weighted by molar-refractivity contribution is 0.0494. The molecule has 1 atom stereocenters. The highest BCUT2D eigenvalue weighted by atomic mass is 32.1. The van der Waals surface area contributed by atoms with Crippen molar-refractivity contribution in [2.75, 3.05) is 6.54 Å². The molecule has 0 saturated heterocycles. The molecule has 0 aliphatic heterocycles. The largest absolute Gasteiger partial charge is 0.383 e. The third-order valence-electron chi connectivity index (χ3n) is 3.20. The van der Waals surface area contributed by atoms with Crippen LogP contribution >= 0.6 is 11.3 Å². The van der Waals surface area contributed by atoms with Crippen molar-refractivity contribution >= 4 is 17.2 Å². The van der Waals surface area contributed by atoms with E-state index < -0.39 is 17.2 Å². The molecule has 1 aromatic heterocycles. The highest BCUT2D eigenvalue weighted by Crippen LogP contribution is 2.24. The summed E-state index contributed by atoms with van der Waals surface area (Å²) < 4.78 is 26.6. The standard InChI is InChI=1S/C15H15F2NO2S/c1-9-6-21-7-11(9)14(19)18-8-15(2,20)12-4-3-10(16)5-13(12)17/h3-7,20H,8H2,1-2H3,(H,18,19). The van der Waals surface area contributed by atoms with Crippen LogP contribution < -0.4 is 5.32 Å². The highest BCUT2D eigenvalue weighted by Gasteiger charge is 2.27. The van der Waals surface area contributed by atoms with Crippen molar-refractivity contribution in [1.82, 2.24) is 5.32 Å². The van der Waals surface area contributed by atoms with Gasteiger partial charge in [0.05, 0.1) is 12.1 Å². The molecule has 1 amide bonds. The van der Waals surface area contributed by atoms with Gasteiger partial charge in [-0.25, -0.2) is 8.78 Å². The van der Waals surface area contributed by atoms with Crippen molar-refractivity contribution in [2.45, 2.75) is 19.4 Å². The molecule has 3 nitrogen and oxygen atoms in total. The first-order valence-corrected chi connectivity index (χ1v) is 7.24. The molecule has 0 saturated carbocycles. The van der Waals surface area contributed by atoms with Crippen LogP contribution in [-0.4, -0.2) is 17.6 Å². The normalized spacial score (nSPS) is 13.8. The molecule has 0 aliphatic rings. The van der Waals surface area contributed by atoms with E-state index in [1.165, 1.54) is 24.3 Å². The van der Waals surface area contributed by atoms with Crippen LogP contribution in [0.5, 0.6) is 0 Å². The zero-order valence-electron chi connectivity index (χ0n) is 11.6. The van der Waals surface area contributed by atoms with Gasteiger partial charge < -0.3 is 10.4 Å². The van der Waals surface area contributed by atoms with Gasteiger partial charge in [0.15, 0.2) is 0 Å². The van der Waals surface area contributed by atoms with Gasteiger partial charge in [0.2, 0.25) is 0 Å². The second kappa shape index (κ2) is 5.91. The Bertz CT molecular complexity index is 667. The van der Waals surface area contributed by atoms with E-state index >= 15 is 0 Å². The van der Waals surface area contributed by atoms with Gasteiger partial charge in [-0.3, -0.25) is 4.79 Å². The van der Waals surface area contributed by atoms with E-state index in [9.17, 15) is 18.7 Å². The number of hydrogen-bond donors (Lipinski definition) is 2. The monoisotopic (exact) mass is 311 g/mol. The first-order valence-electron chi connectivity index (χ1n) is 6.30. The zero-order valence-corrected chi connectivity index (χ0v) is 12.4. The molecule has 2 N–H and O–H groups in total. The summed E-state index contributed by atoms with van der Waals surface area (Å²) in [5.74, 6) is -1.90. The van der Waals surface area contributed by atoms with Gasteiger partial charge in [-0.2, -0.15) is 11.3 Å². The van der Waals surface area contributed by atoms with Crippen LogP contribution in [0.1, 0.15) is 28.4 Å². The molecule has 0 fully saturated rings. The molecule has 0 radical (unpaired) electrons. The average molecular weight is 311 g/mol. The van der Waals surface area contributed by atoms with Crippen LogP contribution in [0.15, 0.2) is 29.0 Å². The first-order chi connectivity index (χ1) is 9.81. The van der Waals surface area contributed by atoms with Crippen molar-refractivity contribution in [3.63, 3.8) is 0 Å². The Morgan fingerprint density at radius 2 is 2.10 bits per heavy atom. The summed E-state index contributed by atoms with van der Waals surface area (Å²) in [6, 6.07) is 2.94. The lowest BCUT2D eigenvalue weighted by atomic mass is 9.95. The summed E-state index contributed by atoms with van der Waals surface area (Å²) >= 11 is 1.40. The molecule has 2 aromatic rings. The maximum absolute atomic E-state index is 13.7. The number of aliphatic hydroxyl groups is 1. The van der Waals surface area contributed by atoms with Gasteiger partial charge in [-0.15, -0.1) is 0 Å². The Hall–Kier alpha value is -1.79. The summed E-state index contributed by atoms with van der Waals surface area (Å²) in [4.78, 5) is 12.0. The van der Waals surface area contributed by atoms with Crippen LogP contribution in [0.2, 0.25) is 0 Å². The summed E-state index contributed by atoms with van der Waals surface area (Å²) in [6.07, 6.45) is 0. The number of carbonyl (C=O) groups excluding carboxylic acids is 1. The smallest absolute Gasteiger partial charge is 0.252 e. The topological polar surface area (TPSA) is 49.3 Å². The van der Waals surface area contributed by atoms with Crippen LogP contribution in [0, 0.1) is 18.6 Å². The third-order valence-corrected chi connectivity index (χ3v) is 4.07. The molecule has 1 aromatic carbocycles.